The average Bonchev–Trinajstić information content (AvgIpc) is 2.37. The van der Waals surface area contributed by atoms with E-state index in [1.54, 1.807) is 0 Å². The number of carbonyl (C=O) groups excluding carboxylic acids is 1. The number of terminal acetylenes is 1. The van der Waals surface area contributed by atoms with Crippen LogP contribution in [0.3, 0.4) is 0 Å². The molecule has 1 amide bonds. The molecule has 1 atom stereocenters. The SMILES string of the molecule is C#CC(CCC)NCC(=O)Nc1ccc(Br)cc1. The summed E-state index contributed by atoms with van der Waals surface area (Å²) >= 11 is 3.34. The lowest BCUT2D eigenvalue weighted by molar-refractivity contribution is -0.115. The maximum absolute atomic E-state index is 11.7. The molecule has 1 aromatic rings. The molecule has 1 aromatic carbocycles. The summed E-state index contributed by atoms with van der Waals surface area (Å²) < 4.78 is 0.981. The van der Waals surface area contributed by atoms with Crippen LogP contribution in [0, 0.1) is 12.3 Å². The topological polar surface area (TPSA) is 41.1 Å². The molecule has 96 valence electrons. The summed E-state index contributed by atoms with van der Waals surface area (Å²) in [6, 6.07) is 7.40. The van der Waals surface area contributed by atoms with E-state index in [0.717, 1.165) is 23.0 Å². The average molecular weight is 309 g/mol. The summed E-state index contributed by atoms with van der Waals surface area (Å²) in [5, 5.41) is 5.84. The van der Waals surface area contributed by atoms with Gasteiger partial charge >= 0.3 is 0 Å². The Morgan fingerprint density at radius 1 is 1.44 bits per heavy atom. The fourth-order valence-electron chi connectivity index (χ4n) is 1.49. The van der Waals surface area contributed by atoms with Gasteiger partial charge in [0.05, 0.1) is 12.6 Å². The van der Waals surface area contributed by atoms with E-state index in [1.165, 1.54) is 0 Å². The summed E-state index contributed by atoms with van der Waals surface area (Å²) in [7, 11) is 0. The highest BCUT2D eigenvalue weighted by Gasteiger charge is 2.06. The number of benzene rings is 1. The highest BCUT2D eigenvalue weighted by atomic mass is 79.9. The second kappa shape index (κ2) is 7.91. The highest BCUT2D eigenvalue weighted by Crippen LogP contribution is 2.13. The van der Waals surface area contributed by atoms with E-state index >= 15 is 0 Å². The molecule has 0 aliphatic carbocycles. The third-order valence-electron chi connectivity index (χ3n) is 2.42. The molecule has 2 N–H and O–H groups in total. The minimum absolute atomic E-state index is 0.0364. The number of anilines is 1. The zero-order valence-electron chi connectivity index (χ0n) is 10.4. The summed E-state index contributed by atoms with van der Waals surface area (Å²) in [5.41, 5.74) is 0.776. The Morgan fingerprint density at radius 2 is 2.11 bits per heavy atom. The van der Waals surface area contributed by atoms with Gasteiger partial charge in [0.15, 0.2) is 0 Å². The Labute approximate surface area is 116 Å². The molecule has 1 rings (SSSR count). The quantitative estimate of drug-likeness (QED) is 0.793. The van der Waals surface area contributed by atoms with Crippen molar-refractivity contribution in [3.05, 3.63) is 28.7 Å². The second-order valence-electron chi connectivity index (χ2n) is 3.94. The van der Waals surface area contributed by atoms with Gasteiger partial charge in [-0.2, -0.15) is 0 Å². The zero-order chi connectivity index (χ0) is 13.4. The fourth-order valence-corrected chi connectivity index (χ4v) is 1.75. The normalized spacial score (nSPS) is 11.6. The van der Waals surface area contributed by atoms with Crippen molar-refractivity contribution in [2.24, 2.45) is 0 Å². The molecule has 0 fully saturated rings. The fraction of sp³-hybridized carbons (Fsp3) is 0.357. The van der Waals surface area contributed by atoms with E-state index in [4.69, 9.17) is 6.42 Å². The molecule has 0 heterocycles. The van der Waals surface area contributed by atoms with Gasteiger partial charge in [-0.1, -0.05) is 35.2 Å². The van der Waals surface area contributed by atoms with Crippen molar-refractivity contribution in [2.75, 3.05) is 11.9 Å². The number of rotatable bonds is 6. The summed E-state index contributed by atoms with van der Waals surface area (Å²) in [6.45, 7) is 2.29. The first kappa shape index (κ1) is 14.7. The van der Waals surface area contributed by atoms with Crippen LogP contribution in [0.4, 0.5) is 5.69 Å². The number of amides is 1. The third-order valence-corrected chi connectivity index (χ3v) is 2.94. The Bertz CT molecular complexity index is 422. The molecule has 4 heteroatoms. The Balaban J connectivity index is 2.38. The third kappa shape index (κ3) is 5.35. The summed E-state index contributed by atoms with van der Waals surface area (Å²) in [6.07, 6.45) is 7.24. The molecule has 3 nitrogen and oxygen atoms in total. The first-order chi connectivity index (χ1) is 8.65. The van der Waals surface area contributed by atoms with Crippen LogP contribution >= 0.6 is 15.9 Å². The molecule has 0 saturated heterocycles. The van der Waals surface area contributed by atoms with Gasteiger partial charge in [0.2, 0.25) is 5.91 Å². The first-order valence-corrected chi connectivity index (χ1v) is 6.70. The second-order valence-corrected chi connectivity index (χ2v) is 4.86. The molecule has 18 heavy (non-hydrogen) atoms. The zero-order valence-corrected chi connectivity index (χ0v) is 12.0. The Morgan fingerprint density at radius 3 is 2.67 bits per heavy atom. The molecule has 0 saturated carbocycles. The number of nitrogens with one attached hydrogen (secondary N) is 2. The largest absolute Gasteiger partial charge is 0.325 e. The molecule has 1 unspecified atom stereocenters. The number of hydrogen-bond donors (Lipinski definition) is 2. The van der Waals surface area contributed by atoms with Crippen LogP contribution < -0.4 is 10.6 Å². The van der Waals surface area contributed by atoms with Crippen molar-refractivity contribution in [2.45, 2.75) is 25.8 Å². The molecular weight excluding hydrogens is 292 g/mol. The van der Waals surface area contributed by atoms with Gasteiger partial charge < -0.3 is 5.32 Å². The maximum Gasteiger partial charge on any atom is 0.238 e. The van der Waals surface area contributed by atoms with Crippen LogP contribution in [-0.4, -0.2) is 18.5 Å². The molecule has 0 spiro atoms. The number of hydrogen-bond acceptors (Lipinski definition) is 2. The van der Waals surface area contributed by atoms with Crippen LogP contribution in [0.25, 0.3) is 0 Å². The van der Waals surface area contributed by atoms with Crippen molar-refractivity contribution in [3.8, 4) is 12.3 Å². The predicted molar refractivity (Wildman–Crippen MR) is 78.3 cm³/mol. The van der Waals surface area contributed by atoms with Crippen LogP contribution in [-0.2, 0) is 4.79 Å². The molecule has 0 bridgehead atoms. The molecule has 0 radical (unpaired) electrons. The predicted octanol–water partition coefficient (Wildman–Crippen LogP) is 2.78. The van der Waals surface area contributed by atoms with Crippen LogP contribution in [0.2, 0.25) is 0 Å². The minimum Gasteiger partial charge on any atom is -0.325 e. The van der Waals surface area contributed by atoms with Crippen molar-refractivity contribution < 1.29 is 4.79 Å². The summed E-state index contributed by atoms with van der Waals surface area (Å²) in [4.78, 5) is 11.7. The van der Waals surface area contributed by atoms with Crippen molar-refractivity contribution in [1.29, 1.82) is 0 Å². The van der Waals surface area contributed by atoms with Gasteiger partial charge in [-0.25, -0.2) is 0 Å². The van der Waals surface area contributed by atoms with Crippen LogP contribution in [0.1, 0.15) is 19.8 Å². The van der Waals surface area contributed by atoms with Gasteiger partial charge in [0, 0.05) is 10.2 Å². The molecular formula is C14H17BrN2O. The van der Waals surface area contributed by atoms with Crippen LogP contribution in [0.15, 0.2) is 28.7 Å². The first-order valence-electron chi connectivity index (χ1n) is 5.90. The van der Waals surface area contributed by atoms with Gasteiger partial charge in [-0.05, 0) is 30.7 Å². The lowest BCUT2D eigenvalue weighted by Crippen LogP contribution is -2.35. The van der Waals surface area contributed by atoms with Gasteiger partial charge in [0.1, 0.15) is 0 Å². The maximum atomic E-state index is 11.7. The summed E-state index contributed by atoms with van der Waals surface area (Å²) in [5.74, 6) is 2.54. The van der Waals surface area contributed by atoms with Gasteiger partial charge in [-0.3, -0.25) is 10.1 Å². The minimum atomic E-state index is -0.0892. The van der Waals surface area contributed by atoms with E-state index in [2.05, 4.69) is 39.4 Å². The van der Waals surface area contributed by atoms with E-state index in [9.17, 15) is 4.79 Å². The van der Waals surface area contributed by atoms with Crippen molar-refractivity contribution >= 4 is 27.5 Å². The van der Waals surface area contributed by atoms with E-state index in [0.29, 0.717) is 0 Å². The Kier molecular flexibility index (Phi) is 6.48. The number of halogens is 1. The monoisotopic (exact) mass is 308 g/mol. The van der Waals surface area contributed by atoms with Gasteiger partial charge in [0.25, 0.3) is 0 Å². The van der Waals surface area contributed by atoms with Crippen molar-refractivity contribution in [1.82, 2.24) is 5.32 Å². The molecule has 0 aliphatic rings. The highest BCUT2D eigenvalue weighted by molar-refractivity contribution is 9.10. The van der Waals surface area contributed by atoms with E-state index in [-0.39, 0.29) is 18.5 Å². The van der Waals surface area contributed by atoms with E-state index in [1.807, 2.05) is 24.3 Å². The van der Waals surface area contributed by atoms with Gasteiger partial charge in [-0.15, -0.1) is 6.42 Å². The molecule has 0 aromatic heterocycles. The van der Waals surface area contributed by atoms with Crippen molar-refractivity contribution in [3.63, 3.8) is 0 Å². The Hall–Kier alpha value is -1.31. The lowest BCUT2D eigenvalue weighted by Gasteiger charge is -2.11. The van der Waals surface area contributed by atoms with Crippen LogP contribution in [0.5, 0.6) is 0 Å². The smallest absolute Gasteiger partial charge is 0.238 e. The standard InChI is InChI=1S/C14H17BrN2O/c1-3-5-12(4-2)16-10-14(18)17-13-8-6-11(15)7-9-13/h2,6-9,12,16H,3,5,10H2,1H3,(H,17,18). The van der Waals surface area contributed by atoms with E-state index < -0.39 is 0 Å². The lowest BCUT2D eigenvalue weighted by atomic mass is 10.2. The molecule has 0 aliphatic heterocycles. The number of carbonyl (C=O) groups is 1.